The van der Waals surface area contributed by atoms with Crippen LogP contribution in [0.5, 0.6) is 0 Å². The van der Waals surface area contributed by atoms with Crippen molar-refractivity contribution in [3.8, 4) is 0 Å². The molecule has 1 amide bonds. The number of aromatic amines is 1. The first kappa shape index (κ1) is 14.8. The summed E-state index contributed by atoms with van der Waals surface area (Å²) in [5, 5.41) is 1.08. The molecular formula is C20H21N3O. The number of nitrogens with one attached hydrogen (secondary N) is 1. The number of hydrogen-bond acceptors (Lipinski definition) is 2. The van der Waals surface area contributed by atoms with Crippen LogP contribution in [0, 0.1) is 0 Å². The highest BCUT2D eigenvalue weighted by atomic mass is 16.2. The number of rotatable bonds is 2. The summed E-state index contributed by atoms with van der Waals surface area (Å²) in [6, 6.07) is 18.3. The van der Waals surface area contributed by atoms with E-state index in [1.807, 2.05) is 41.4 Å². The third kappa shape index (κ3) is 2.87. The van der Waals surface area contributed by atoms with Crippen LogP contribution in [0.15, 0.2) is 60.8 Å². The van der Waals surface area contributed by atoms with Crippen LogP contribution in [0.3, 0.4) is 0 Å². The van der Waals surface area contributed by atoms with Crippen LogP contribution in [-0.2, 0) is 0 Å². The summed E-state index contributed by atoms with van der Waals surface area (Å²) in [7, 11) is 0. The van der Waals surface area contributed by atoms with E-state index >= 15 is 0 Å². The molecule has 0 saturated carbocycles. The lowest BCUT2D eigenvalue weighted by atomic mass is 10.1. The van der Waals surface area contributed by atoms with Crippen molar-refractivity contribution in [1.82, 2.24) is 9.88 Å². The molecule has 1 N–H and O–H groups in total. The van der Waals surface area contributed by atoms with Crippen LogP contribution in [0.1, 0.15) is 16.8 Å². The zero-order valence-electron chi connectivity index (χ0n) is 13.6. The molecule has 4 rings (SSSR count). The fourth-order valence-corrected chi connectivity index (χ4v) is 3.39. The third-order valence-electron chi connectivity index (χ3n) is 4.70. The van der Waals surface area contributed by atoms with Crippen molar-refractivity contribution >= 4 is 22.5 Å². The second-order valence-corrected chi connectivity index (χ2v) is 6.25. The van der Waals surface area contributed by atoms with Gasteiger partial charge < -0.3 is 14.8 Å². The minimum Gasteiger partial charge on any atom is -0.370 e. The van der Waals surface area contributed by atoms with Crippen LogP contribution in [-0.4, -0.2) is 42.0 Å². The maximum absolute atomic E-state index is 12.9. The molecule has 24 heavy (non-hydrogen) atoms. The summed E-state index contributed by atoms with van der Waals surface area (Å²) in [4.78, 5) is 20.4. The molecule has 0 spiro atoms. The highest BCUT2D eigenvalue weighted by Gasteiger charge is 2.20. The number of aromatic nitrogens is 1. The first-order valence-corrected chi connectivity index (χ1v) is 8.48. The highest BCUT2D eigenvalue weighted by molar-refractivity contribution is 5.98. The van der Waals surface area contributed by atoms with Crippen molar-refractivity contribution in [2.45, 2.75) is 6.42 Å². The van der Waals surface area contributed by atoms with Crippen molar-refractivity contribution in [2.24, 2.45) is 0 Å². The lowest BCUT2D eigenvalue weighted by molar-refractivity contribution is 0.0767. The average molecular weight is 319 g/mol. The molecule has 0 unspecified atom stereocenters. The zero-order chi connectivity index (χ0) is 16.4. The fraction of sp³-hybridized carbons (Fsp3) is 0.250. The number of benzene rings is 2. The molecular weight excluding hydrogens is 298 g/mol. The number of para-hydroxylation sites is 1. The van der Waals surface area contributed by atoms with Gasteiger partial charge in [0, 0.05) is 54.5 Å². The van der Waals surface area contributed by atoms with Gasteiger partial charge in [-0.15, -0.1) is 0 Å². The van der Waals surface area contributed by atoms with Gasteiger partial charge in [-0.2, -0.15) is 0 Å². The number of carbonyl (C=O) groups is 1. The minimum absolute atomic E-state index is 0.132. The molecule has 1 aliphatic rings. The van der Waals surface area contributed by atoms with E-state index in [2.05, 4.69) is 34.1 Å². The Morgan fingerprint density at radius 3 is 2.67 bits per heavy atom. The van der Waals surface area contributed by atoms with Crippen LogP contribution in [0.25, 0.3) is 10.9 Å². The van der Waals surface area contributed by atoms with Crippen molar-refractivity contribution in [3.05, 3.63) is 66.4 Å². The van der Waals surface area contributed by atoms with Crippen molar-refractivity contribution < 1.29 is 4.79 Å². The largest absolute Gasteiger partial charge is 0.370 e. The van der Waals surface area contributed by atoms with Crippen molar-refractivity contribution in [1.29, 1.82) is 0 Å². The van der Waals surface area contributed by atoms with E-state index in [1.165, 1.54) is 5.69 Å². The Bertz CT molecular complexity index is 840. The van der Waals surface area contributed by atoms with E-state index in [-0.39, 0.29) is 5.91 Å². The monoisotopic (exact) mass is 319 g/mol. The van der Waals surface area contributed by atoms with E-state index in [1.54, 1.807) is 0 Å². The predicted molar refractivity (Wildman–Crippen MR) is 97.5 cm³/mol. The maximum Gasteiger partial charge on any atom is 0.253 e. The summed E-state index contributed by atoms with van der Waals surface area (Å²) < 4.78 is 0. The van der Waals surface area contributed by atoms with Gasteiger partial charge in [-0.25, -0.2) is 0 Å². The van der Waals surface area contributed by atoms with Gasteiger partial charge in [-0.3, -0.25) is 4.79 Å². The Kier molecular flexibility index (Phi) is 3.95. The lowest BCUT2D eigenvalue weighted by Crippen LogP contribution is -2.35. The van der Waals surface area contributed by atoms with Gasteiger partial charge in [0.05, 0.1) is 0 Å². The Morgan fingerprint density at radius 2 is 1.79 bits per heavy atom. The van der Waals surface area contributed by atoms with E-state index in [9.17, 15) is 4.79 Å². The number of fused-ring (bicyclic) bond motifs is 1. The number of anilines is 1. The SMILES string of the molecule is O=C(c1ccc2[nH]ccc2c1)N1CCCN(c2ccccc2)CC1. The molecule has 0 atom stereocenters. The first-order chi connectivity index (χ1) is 11.8. The third-order valence-corrected chi connectivity index (χ3v) is 4.70. The standard InChI is InChI=1S/C20H21N3O/c24-20(17-7-8-19-16(15-17)9-10-21-19)23-12-4-11-22(13-14-23)18-5-2-1-3-6-18/h1-3,5-10,15,21H,4,11-14H2. The fourth-order valence-electron chi connectivity index (χ4n) is 3.39. The number of hydrogen-bond donors (Lipinski definition) is 1. The second-order valence-electron chi connectivity index (χ2n) is 6.25. The number of H-pyrrole nitrogens is 1. The molecule has 2 heterocycles. The van der Waals surface area contributed by atoms with E-state index in [0.29, 0.717) is 0 Å². The maximum atomic E-state index is 12.9. The molecule has 4 heteroatoms. The molecule has 1 fully saturated rings. The Balaban J connectivity index is 1.49. The molecule has 2 aromatic carbocycles. The summed E-state index contributed by atoms with van der Waals surface area (Å²) in [5.41, 5.74) is 3.08. The zero-order valence-corrected chi connectivity index (χ0v) is 13.6. The second kappa shape index (κ2) is 6.40. The minimum atomic E-state index is 0.132. The topological polar surface area (TPSA) is 39.3 Å². The van der Waals surface area contributed by atoms with Gasteiger partial charge in [-0.05, 0) is 42.8 Å². The van der Waals surface area contributed by atoms with Gasteiger partial charge in [0.15, 0.2) is 0 Å². The molecule has 1 aromatic heterocycles. The van der Waals surface area contributed by atoms with Gasteiger partial charge in [0.2, 0.25) is 0 Å². The predicted octanol–water partition coefficient (Wildman–Crippen LogP) is 3.52. The van der Waals surface area contributed by atoms with Crippen LogP contribution in [0.4, 0.5) is 5.69 Å². The Labute approximate surface area is 141 Å². The molecule has 1 saturated heterocycles. The molecule has 122 valence electrons. The van der Waals surface area contributed by atoms with E-state index < -0.39 is 0 Å². The Morgan fingerprint density at radius 1 is 0.917 bits per heavy atom. The highest BCUT2D eigenvalue weighted by Crippen LogP contribution is 2.19. The number of carbonyl (C=O) groups excluding carboxylic acids is 1. The molecule has 0 radical (unpaired) electrons. The average Bonchev–Trinajstić information content (AvgIpc) is 2.96. The summed E-state index contributed by atoms with van der Waals surface area (Å²) >= 11 is 0. The summed E-state index contributed by atoms with van der Waals surface area (Å²) in [6.45, 7) is 3.44. The van der Waals surface area contributed by atoms with Crippen LogP contribution >= 0.6 is 0 Å². The van der Waals surface area contributed by atoms with Crippen molar-refractivity contribution in [2.75, 3.05) is 31.1 Å². The lowest BCUT2D eigenvalue weighted by Gasteiger charge is -2.23. The molecule has 3 aromatic rings. The smallest absolute Gasteiger partial charge is 0.253 e. The summed E-state index contributed by atoms with van der Waals surface area (Å²) in [5.74, 6) is 0.132. The quantitative estimate of drug-likeness (QED) is 0.785. The molecule has 0 aliphatic carbocycles. The number of nitrogens with zero attached hydrogens (tertiary/aromatic N) is 2. The van der Waals surface area contributed by atoms with Gasteiger partial charge >= 0.3 is 0 Å². The van der Waals surface area contributed by atoms with Crippen LogP contribution in [0.2, 0.25) is 0 Å². The normalized spacial score (nSPS) is 15.5. The summed E-state index contributed by atoms with van der Waals surface area (Å²) in [6.07, 6.45) is 2.90. The molecule has 1 aliphatic heterocycles. The first-order valence-electron chi connectivity index (χ1n) is 8.48. The Hall–Kier alpha value is -2.75. The van der Waals surface area contributed by atoms with E-state index in [4.69, 9.17) is 0 Å². The van der Waals surface area contributed by atoms with Gasteiger partial charge in [-0.1, -0.05) is 18.2 Å². The van der Waals surface area contributed by atoms with Gasteiger partial charge in [0.1, 0.15) is 0 Å². The van der Waals surface area contributed by atoms with E-state index in [0.717, 1.165) is 49.1 Å². The van der Waals surface area contributed by atoms with Crippen LogP contribution < -0.4 is 4.90 Å². The van der Waals surface area contributed by atoms with Crippen molar-refractivity contribution in [3.63, 3.8) is 0 Å². The molecule has 4 nitrogen and oxygen atoms in total. The number of amides is 1. The van der Waals surface area contributed by atoms with Gasteiger partial charge in [0.25, 0.3) is 5.91 Å². The molecule has 0 bridgehead atoms.